The lowest BCUT2D eigenvalue weighted by Gasteiger charge is -2.20. The van der Waals surface area contributed by atoms with E-state index in [1.165, 1.54) is 0 Å². The molecule has 0 aliphatic carbocycles. The Hall–Kier alpha value is -2.18. The van der Waals surface area contributed by atoms with Crippen LogP contribution in [0.2, 0.25) is 0 Å². The van der Waals surface area contributed by atoms with Gasteiger partial charge in [0.25, 0.3) is 0 Å². The van der Waals surface area contributed by atoms with Gasteiger partial charge in [-0.2, -0.15) is 4.31 Å². The van der Waals surface area contributed by atoms with E-state index in [0.29, 0.717) is 6.42 Å². The highest BCUT2D eigenvalue weighted by atomic mass is 32.2. The van der Waals surface area contributed by atoms with Gasteiger partial charge in [-0.1, -0.05) is 54.2 Å². The van der Waals surface area contributed by atoms with Gasteiger partial charge in [-0.25, -0.2) is 8.42 Å². The first kappa shape index (κ1) is 20.1. The van der Waals surface area contributed by atoms with Gasteiger partial charge in [-0.05, 0) is 31.9 Å². The molecule has 6 heteroatoms. The van der Waals surface area contributed by atoms with Crippen molar-refractivity contribution in [3.05, 3.63) is 66.3 Å². The van der Waals surface area contributed by atoms with Crippen molar-refractivity contribution in [3.8, 4) is 0 Å². The van der Waals surface area contributed by atoms with Crippen LogP contribution in [0, 0.1) is 6.92 Å². The fraction of sp³-hybridized carbons (Fsp3) is 0.350. The first-order valence-corrected chi connectivity index (χ1v) is 10.1. The molecule has 0 radical (unpaired) electrons. The normalized spacial score (nSPS) is 20.8. The Morgan fingerprint density at radius 2 is 1.77 bits per heavy atom. The predicted octanol–water partition coefficient (Wildman–Crippen LogP) is 3.38. The number of carbonyl (C=O) groups excluding carboxylic acids is 1. The zero-order chi connectivity index (χ0) is 19.0. The second-order valence-corrected chi connectivity index (χ2v) is 8.13. The molecule has 0 unspecified atom stereocenters. The number of carbonyl (C=O) groups is 1. The van der Waals surface area contributed by atoms with Gasteiger partial charge >= 0.3 is 5.97 Å². The SMILES string of the molecule is C=C1/C=C\CC/C=C\CN(S(=O)(=O)c2ccc(C)cc2)CC(=O)OCC1. The molecule has 1 aliphatic heterocycles. The lowest BCUT2D eigenvalue weighted by Crippen LogP contribution is -2.36. The third-order valence-corrected chi connectivity index (χ3v) is 5.81. The van der Waals surface area contributed by atoms with E-state index in [9.17, 15) is 13.2 Å². The quantitative estimate of drug-likeness (QED) is 0.587. The lowest BCUT2D eigenvalue weighted by atomic mass is 10.2. The number of aryl methyl sites for hydroxylation is 1. The summed E-state index contributed by atoms with van der Waals surface area (Å²) in [6.07, 6.45) is 9.81. The van der Waals surface area contributed by atoms with Crippen LogP contribution >= 0.6 is 0 Å². The predicted molar refractivity (Wildman–Crippen MR) is 102 cm³/mol. The third kappa shape index (κ3) is 5.97. The maximum absolute atomic E-state index is 12.9. The number of ether oxygens (including phenoxy) is 1. The maximum atomic E-state index is 12.9. The molecule has 0 fully saturated rings. The van der Waals surface area contributed by atoms with Crippen molar-refractivity contribution in [3.63, 3.8) is 0 Å². The Bertz CT molecular complexity index is 792. The first-order chi connectivity index (χ1) is 12.4. The maximum Gasteiger partial charge on any atom is 0.321 e. The molecule has 0 aromatic heterocycles. The minimum Gasteiger partial charge on any atom is -0.464 e. The van der Waals surface area contributed by atoms with Gasteiger partial charge < -0.3 is 4.74 Å². The van der Waals surface area contributed by atoms with E-state index in [1.807, 2.05) is 25.2 Å². The van der Waals surface area contributed by atoms with E-state index < -0.39 is 16.0 Å². The van der Waals surface area contributed by atoms with E-state index in [2.05, 4.69) is 6.58 Å². The van der Waals surface area contributed by atoms with Crippen molar-refractivity contribution in [2.24, 2.45) is 0 Å². The van der Waals surface area contributed by atoms with E-state index in [-0.39, 0.29) is 24.6 Å². The fourth-order valence-electron chi connectivity index (χ4n) is 2.43. The second-order valence-electron chi connectivity index (χ2n) is 6.19. The number of benzene rings is 1. The molecule has 1 aromatic rings. The molecule has 0 N–H and O–H groups in total. The van der Waals surface area contributed by atoms with E-state index >= 15 is 0 Å². The van der Waals surface area contributed by atoms with Gasteiger partial charge in [0.2, 0.25) is 10.0 Å². The van der Waals surface area contributed by atoms with Gasteiger partial charge in [-0.15, -0.1) is 0 Å². The number of esters is 1. The molecular weight excluding hydrogens is 350 g/mol. The Morgan fingerprint density at radius 3 is 2.50 bits per heavy atom. The molecule has 1 aliphatic rings. The summed E-state index contributed by atoms with van der Waals surface area (Å²) >= 11 is 0. The molecule has 26 heavy (non-hydrogen) atoms. The summed E-state index contributed by atoms with van der Waals surface area (Å²) in [6.45, 7) is 5.80. The average Bonchev–Trinajstić information content (AvgIpc) is 2.59. The largest absolute Gasteiger partial charge is 0.464 e. The van der Waals surface area contributed by atoms with Crippen LogP contribution in [-0.2, 0) is 19.6 Å². The van der Waals surface area contributed by atoms with Crippen LogP contribution in [0.15, 0.2) is 65.6 Å². The number of sulfonamides is 1. The summed E-state index contributed by atoms with van der Waals surface area (Å²) in [5.41, 5.74) is 1.85. The topological polar surface area (TPSA) is 63.7 Å². The van der Waals surface area contributed by atoms with Crippen molar-refractivity contribution in [1.29, 1.82) is 0 Å². The molecule has 0 amide bonds. The van der Waals surface area contributed by atoms with Crippen LogP contribution in [0.3, 0.4) is 0 Å². The van der Waals surface area contributed by atoms with Crippen molar-refractivity contribution in [1.82, 2.24) is 4.31 Å². The smallest absolute Gasteiger partial charge is 0.321 e. The monoisotopic (exact) mass is 375 g/mol. The summed E-state index contributed by atoms with van der Waals surface area (Å²) in [5, 5.41) is 0. The van der Waals surface area contributed by atoms with E-state index in [0.717, 1.165) is 28.3 Å². The summed E-state index contributed by atoms with van der Waals surface area (Å²) in [7, 11) is -3.78. The molecule has 1 heterocycles. The number of rotatable bonds is 2. The van der Waals surface area contributed by atoms with E-state index in [4.69, 9.17) is 4.74 Å². The Balaban J connectivity index is 2.21. The van der Waals surface area contributed by atoms with Crippen LogP contribution in [0.1, 0.15) is 24.8 Å². The minimum absolute atomic E-state index is 0.127. The Kier molecular flexibility index (Phi) is 7.36. The molecule has 0 atom stereocenters. The standard InChI is InChI=1S/C20H25NO4S/c1-17-8-6-4-3-5-7-14-21(16-20(22)25-15-13-17)26(23,24)19-11-9-18(2)10-12-19/h5-12H,1,3-4,13-16H2,2H3/b7-5-,8-6-. The molecule has 5 nitrogen and oxygen atoms in total. The Morgan fingerprint density at radius 1 is 1.08 bits per heavy atom. The molecule has 2 rings (SSSR count). The highest BCUT2D eigenvalue weighted by molar-refractivity contribution is 7.89. The average molecular weight is 375 g/mol. The van der Waals surface area contributed by atoms with Crippen LogP contribution in [-0.4, -0.2) is 38.4 Å². The number of allylic oxidation sites excluding steroid dienone is 3. The van der Waals surface area contributed by atoms with E-state index in [1.54, 1.807) is 30.3 Å². The van der Waals surface area contributed by atoms with Gasteiger partial charge in [0.1, 0.15) is 6.54 Å². The lowest BCUT2D eigenvalue weighted by molar-refractivity contribution is -0.143. The summed E-state index contributed by atoms with van der Waals surface area (Å²) < 4.78 is 32.1. The second kappa shape index (κ2) is 9.50. The van der Waals surface area contributed by atoms with Crippen molar-refractivity contribution >= 4 is 16.0 Å². The van der Waals surface area contributed by atoms with Gasteiger partial charge in [0.15, 0.2) is 0 Å². The minimum atomic E-state index is -3.78. The molecule has 0 saturated heterocycles. The molecule has 0 saturated carbocycles. The number of hydrogen-bond donors (Lipinski definition) is 0. The number of hydrogen-bond acceptors (Lipinski definition) is 4. The van der Waals surface area contributed by atoms with Crippen molar-refractivity contribution in [2.45, 2.75) is 31.1 Å². The molecule has 1 aromatic carbocycles. The van der Waals surface area contributed by atoms with Gasteiger partial charge in [-0.3, -0.25) is 4.79 Å². The Labute approximate surface area is 155 Å². The number of nitrogens with zero attached hydrogens (tertiary/aromatic N) is 1. The van der Waals surface area contributed by atoms with Crippen LogP contribution in [0.5, 0.6) is 0 Å². The number of cyclic esters (lactones) is 1. The zero-order valence-corrected chi connectivity index (χ0v) is 15.9. The highest BCUT2D eigenvalue weighted by Gasteiger charge is 2.26. The first-order valence-electron chi connectivity index (χ1n) is 8.61. The summed E-state index contributed by atoms with van der Waals surface area (Å²) in [4.78, 5) is 12.3. The molecule has 0 bridgehead atoms. The third-order valence-electron chi connectivity index (χ3n) is 3.98. The molecule has 0 spiro atoms. The summed E-state index contributed by atoms with van der Waals surface area (Å²) in [6, 6.07) is 6.59. The van der Waals surface area contributed by atoms with Gasteiger partial charge in [0.05, 0.1) is 11.5 Å². The highest BCUT2D eigenvalue weighted by Crippen LogP contribution is 2.17. The van der Waals surface area contributed by atoms with Crippen LogP contribution < -0.4 is 0 Å². The van der Waals surface area contributed by atoms with Gasteiger partial charge in [0, 0.05) is 13.0 Å². The zero-order valence-electron chi connectivity index (χ0n) is 15.1. The molecular formula is C20H25NO4S. The van der Waals surface area contributed by atoms with Crippen LogP contribution in [0.4, 0.5) is 0 Å². The van der Waals surface area contributed by atoms with Crippen molar-refractivity contribution in [2.75, 3.05) is 19.7 Å². The fourth-order valence-corrected chi connectivity index (χ4v) is 3.76. The van der Waals surface area contributed by atoms with Crippen LogP contribution in [0.25, 0.3) is 0 Å². The summed E-state index contributed by atoms with van der Waals surface area (Å²) in [5.74, 6) is -0.567. The molecule has 140 valence electrons. The van der Waals surface area contributed by atoms with Crippen molar-refractivity contribution < 1.29 is 17.9 Å².